The second kappa shape index (κ2) is 4.62. The van der Waals surface area contributed by atoms with Gasteiger partial charge < -0.3 is 0 Å². The van der Waals surface area contributed by atoms with Crippen LogP contribution in [0.5, 0.6) is 0 Å². The molecule has 0 aliphatic carbocycles. The Hall–Kier alpha value is -0.800. The number of aliphatic imine (C=N–C) groups is 1. The summed E-state index contributed by atoms with van der Waals surface area (Å²) >= 11 is 1.82. The van der Waals surface area contributed by atoms with Crippen molar-refractivity contribution in [2.75, 3.05) is 12.5 Å². The molecule has 0 N–H and O–H groups in total. The monoisotopic (exact) mass is 206 g/mol. The maximum atomic E-state index is 4.41. The molecule has 1 aliphatic rings. The molecule has 14 heavy (non-hydrogen) atoms. The molecule has 0 bridgehead atoms. The second-order valence-corrected chi connectivity index (χ2v) is 4.54. The van der Waals surface area contributed by atoms with Crippen LogP contribution in [0.15, 0.2) is 35.3 Å². The number of rotatable bonds is 2. The third kappa shape index (κ3) is 2.59. The largest absolute Gasteiger partial charge is 0.270 e. The van der Waals surface area contributed by atoms with Crippen LogP contribution < -0.4 is 0 Å². The maximum Gasteiger partial charge on any atom is 0.0928 e. The van der Waals surface area contributed by atoms with Gasteiger partial charge in [0.1, 0.15) is 0 Å². The summed E-state index contributed by atoms with van der Waals surface area (Å²) in [6, 6.07) is 10.5. The van der Waals surface area contributed by atoms with E-state index in [2.05, 4.69) is 47.1 Å². The highest BCUT2D eigenvalue weighted by Crippen LogP contribution is 2.15. The lowest BCUT2D eigenvalue weighted by Crippen LogP contribution is -2.27. The van der Waals surface area contributed by atoms with Crippen LogP contribution in [0.25, 0.3) is 0 Å². The first-order valence-corrected chi connectivity index (χ1v) is 5.73. The summed E-state index contributed by atoms with van der Waals surface area (Å²) in [4.78, 5) is 6.75. The van der Waals surface area contributed by atoms with Gasteiger partial charge in [-0.25, -0.2) is 0 Å². The van der Waals surface area contributed by atoms with Gasteiger partial charge in [0.2, 0.25) is 0 Å². The molecule has 0 aromatic heterocycles. The highest BCUT2D eigenvalue weighted by atomic mass is 32.2. The molecule has 2 rings (SSSR count). The first-order valence-electron chi connectivity index (χ1n) is 4.75. The Balaban J connectivity index is 1.93. The maximum absolute atomic E-state index is 4.41. The highest BCUT2D eigenvalue weighted by Gasteiger charge is 2.10. The van der Waals surface area contributed by atoms with Gasteiger partial charge in [-0.3, -0.25) is 9.89 Å². The molecule has 0 spiro atoms. The fraction of sp³-hybridized carbons (Fsp3) is 0.364. The van der Waals surface area contributed by atoms with E-state index in [1.807, 2.05) is 11.8 Å². The Morgan fingerprint density at radius 1 is 1.36 bits per heavy atom. The minimum Gasteiger partial charge on any atom is -0.270 e. The molecule has 0 radical (unpaired) electrons. The topological polar surface area (TPSA) is 15.6 Å². The van der Waals surface area contributed by atoms with E-state index >= 15 is 0 Å². The Labute approximate surface area is 89.0 Å². The molecule has 0 unspecified atom stereocenters. The SMILES string of the molecule is CC1=NCN(Cc2ccccc2)CS1. The van der Waals surface area contributed by atoms with Crippen LogP contribution in [0.4, 0.5) is 0 Å². The van der Waals surface area contributed by atoms with E-state index in [0.29, 0.717) is 0 Å². The molecule has 1 aliphatic heterocycles. The van der Waals surface area contributed by atoms with Crippen LogP contribution in [0, 0.1) is 0 Å². The molecule has 0 saturated heterocycles. The van der Waals surface area contributed by atoms with Crippen molar-refractivity contribution in [1.82, 2.24) is 4.90 Å². The summed E-state index contributed by atoms with van der Waals surface area (Å²) in [7, 11) is 0. The zero-order chi connectivity index (χ0) is 9.80. The van der Waals surface area contributed by atoms with E-state index in [9.17, 15) is 0 Å². The van der Waals surface area contributed by atoms with Crippen molar-refractivity contribution >= 4 is 16.8 Å². The average Bonchev–Trinajstić information content (AvgIpc) is 2.23. The minimum atomic E-state index is 0.841. The van der Waals surface area contributed by atoms with Gasteiger partial charge >= 0.3 is 0 Å². The summed E-state index contributed by atoms with van der Waals surface area (Å²) in [6.45, 7) is 3.92. The Morgan fingerprint density at radius 2 is 2.14 bits per heavy atom. The van der Waals surface area contributed by atoms with Crippen molar-refractivity contribution in [2.24, 2.45) is 4.99 Å². The quantitative estimate of drug-likeness (QED) is 0.739. The van der Waals surface area contributed by atoms with Crippen molar-refractivity contribution in [2.45, 2.75) is 13.5 Å². The van der Waals surface area contributed by atoms with Crippen molar-refractivity contribution in [3.63, 3.8) is 0 Å². The van der Waals surface area contributed by atoms with Crippen LogP contribution in [0.2, 0.25) is 0 Å². The number of hydrogen-bond donors (Lipinski definition) is 0. The standard InChI is InChI=1S/C11H14N2S/c1-10-12-8-13(9-14-10)7-11-5-3-2-4-6-11/h2-6H,7-9H2,1H3. The summed E-state index contributed by atoms with van der Waals surface area (Å²) < 4.78 is 0. The molecule has 2 nitrogen and oxygen atoms in total. The van der Waals surface area contributed by atoms with Crippen molar-refractivity contribution < 1.29 is 0 Å². The fourth-order valence-electron chi connectivity index (χ4n) is 1.41. The Bertz CT molecular complexity index is 321. The van der Waals surface area contributed by atoms with Gasteiger partial charge in [0.25, 0.3) is 0 Å². The van der Waals surface area contributed by atoms with Gasteiger partial charge in [0.15, 0.2) is 0 Å². The predicted molar refractivity (Wildman–Crippen MR) is 62.4 cm³/mol. The van der Waals surface area contributed by atoms with Crippen molar-refractivity contribution in [3.05, 3.63) is 35.9 Å². The fourth-order valence-corrected chi connectivity index (χ4v) is 2.10. The molecule has 74 valence electrons. The van der Waals surface area contributed by atoms with E-state index < -0.39 is 0 Å². The molecular formula is C11H14N2S. The number of thioether (sulfide) groups is 1. The first kappa shape index (κ1) is 9.74. The zero-order valence-corrected chi connectivity index (χ0v) is 9.13. The van der Waals surface area contributed by atoms with Gasteiger partial charge in [-0.2, -0.15) is 0 Å². The highest BCUT2D eigenvalue weighted by molar-refractivity contribution is 8.13. The Kier molecular flexibility index (Phi) is 3.22. The molecule has 1 aromatic carbocycles. The van der Waals surface area contributed by atoms with Crippen LogP contribution in [-0.2, 0) is 6.54 Å². The normalized spacial score (nSPS) is 17.9. The van der Waals surface area contributed by atoms with Crippen LogP contribution in [0.3, 0.4) is 0 Å². The lowest BCUT2D eigenvalue weighted by atomic mass is 10.2. The average molecular weight is 206 g/mol. The van der Waals surface area contributed by atoms with E-state index in [4.69, 9.17) is 0 Å². The van der Waals surface area contributed by atoms with E-state index in [1.54, 1.807) is 0 Å². The van der Waals surface area contributed by atoms with Gasteiger partial charge in [0.05, 0.1) is 17.6 Å². The molecule has 3 heteroatoms. The summed E-state index contributed by atoms with van der Waals surface area (Å²) in [5.74, 6) is 1.06. The van der Waals surface area contributed by atoms with E-state index in [-0.39, 0.29) is 0 Å². The van der Waals surface area contributed by atoms with Crippen LogP contribution in [-0.4, -0.2) is 22.5 Å². The summed E-state index contributed by atoms with van der Waals surface area (Å²) in [6.07, 6.45) is 0. The molecule has 0 atom stereocenters. The van der Waals surface area contributed by atoms with Crippen molar-refractivity contribution in [3.8, 4) is 0 Å². The van der Waals surface area contributed by atoms with E-state index in [0.717, 1.165) is 19.1 Å². The predicted octanol–water partition coefficient (Wildman–Crippen LogP) is 2.57. The van der Waals surface area contributed by atoms with Gasteiger partial charge in [0, 0.05) is 6.54 Å². The molecule has 0 fully saturated rings. The van der Waals surface area contributed by atoms with Crippen molar-refractivity contribution in [1.29, 1.82) is 0 Å². The van der Waals surface area contributed by atoms with E-state index in [1.165, 1.54) is 10.6 Å². The van der Waals surface area contributed by atoms with Gasteiger partial charge in [-0.1, -0.05) is 42.1 Å². The molecular weight excluding hydrogens is 192 g/mol. The van der Waals surface area contributed by atoms with Crippen LogP contribution in [0.1, 0.15) is 12.5 Å². The second-order valence-electron chi connectivity index (χ2n) is 3.41. The first-order chi connectivity index (χ1) is 6.84. The lowest BCUT2D eigenvalue weighted by Gasteiger charge is -2.23. The summed E-state index contributed by atoms with van der Waals surface area (Å²) in [5, 5.41) is 1.20. The molecule has 0 amide bonds. The molecule has 1 aromatic rings. The molecule has 1 heterocycles. The van der Waals surface area contributed by atoms with Gasteiger partial charge in [-0.05, 0) is 12.5 Å². The third-order valence-electron chi connectivity index (χ3n) is 2.20. The third-order valence-corrected chi connectivity index (χ3v) is 3.24. The molecule has 0 saturated carbocycles. The zero-order valence-electron chi connectivity index (χ0n) is 8.31. The number of hydrogen-bond acceptors (Lipinski definition) is 3. The van der Waals surface area contributed by atoms with Gasteiger partial charge in [-0.15, -0.1) is 0 Å². The number of benzene rings is 1. The Morgan fingerprint density at radius 3 is 2.79 bits per heavy atom. The van der Waals surface area contributed by atoms with Crippen LogP contribution >= 0.6 is 11.8 Å². The smallest absolute Gasteiger partial charge is 0.0928 e. The summed E-state index contributed by atoms with van der Waals surface area (Å²) in [5.41, 5.74) is 1.36. The minimum absolute atomic E-state index is 0.841. The number of nitrogens with zero attached hydrogens (tertiary/aromatic N) is 2. The lowest BCUT2D eigenvalue weighted by molar-refractivity contribution is 0.322.